The van der Waals surface area contributed by atoms with E-state index in [-0.39, 0.29) is 0 Å². The number of anilines is 1. The molecule has 0 radical (unpaired) electrons. The van der Waals surface area contributed by atoms with Crippen LogP contribution < -0.4 is 5.73 Å². The lowest BCUT2D eigenvalue weighted by molar-refractivity contribution is 0.613. The molecule has 2 aromatic rings. The summed E-state index contributed by atoms with van der Waals surface area (Å²) < 4.78 is 5.29. The van der Waals surface area contributed by atoms with Crippen molar-refractivity contribution in [1.29, 1.82) is 0 Å². The van der Waals surface area contributed by atoms with Crippen molar-refractivity contribution in [3.05, 3.63) is 30.0 Å². The summed E-state index contributed by atoms with van der Waals surface area (Å²) in [4.78, 5) is 0. The molecule has 12 heavy (non-hydrogen) atoms. The molecule has 0 atom stereocenters. The second kappa shape index (κ2) is 2.75. The van der Waals surface area contributed by atoms with Gasteiger partial charge in [-0.1, -0.05) is 0 Å². The Morgan fingerprint density at radius 2 is 2.25 bits per heavy atom. The molecule has 0 aliphatic heterocycles. The second-order valence-corrected chi connectivity index (χ2v) is 2.99. The predicted octanol–water partition coefficient (Wildman–Crippen LogP) is 2.44. The summed E-state index contributed by atoms with van der Waals surface area (Å²) in [6.07, 6.45) is 1.72. The van der Waals surface area contributed by atoms with E-state index in [2.05, 4.69) is 12.6 Å². The van der Waals surface area contributed by atoms with Gasteiger partial charge in [-0.3, -0.25) is 0 Å². The van der Waals surface area contributed by atoms with Gasteiger partial charge in [0.25, 0.3) is 0 Å². The lowest BCUT2D eigenvalue weighted by Crippen LogP contribution is -1.82. The van der Waals surface area contributed by atoms with Gasteiger partial charge in [0.05, 0.1) is 6.26 Å². The normalized spacial score (nSPS) is 10.8. The van der Waals surface area contributed by atoms with Gasteiger partial charge in [0, 0.05) is 22.4 Å². The summed E-state index contributed by atoms with van der Waals surface area (Å²) in [6, 6.07) is 5.61. The van der Waals surface area contributed by atoms with Crippen LogP contribution in [0.3, 0.4) is 0 Å². The molecular formula is C9H9NOS. The molecule has 3 heteroatoms. The largest absolute Gasteiger partial charge is 0.464 e. The molecule has 0 aliphatic rings. The highest BCUT2D eigenvalue weighted by Gasteiger charge is 2.03. The van der Waals surface area contributed by atoms with Crippen molar-refractivity contribution >= 4 is 29.3 Å². The molecule has 2 rings (SSSR count). The zero-order chi connectivity index (χ0) is 8.55. The number of furan rings is 1. The highest BCUT2D eigenvalue weighted by molar-refractivity contribution is 7.79. The molecule has 1 heterocycles. The maximum Gasteiger partial charge on any atom is 0.134 e. The number of nitrogens with two attached hydrogens (primary N) is 1. The molecule has 1 aromatic heterocycles. The van der Waals surface area contributed by atoms with E-state index in [0.717, 1.165) is 22.2 Å². The Morgan fingerprint density at radius 3 is 3.00 bits per heavy atom. The van der Waals surface area contributed by atoms with Crippen LogP contribution in [0.25, 0.3) is 11.0 Å². The lowest BCUT2D eigenvalue weighted by atomic mass is 10.2. The third-order valence-corrected chi connectivity index (χ3v) is 2.19. The zero-order valence-corrected chi connectivity index (χ0v) is 7.34. The van der Waals surface area contributed by atoms with Gasteiger partial charge in [0.1, 0.15) is 5.58 Å². The van der Waals surface area contributed by atoms with E-state index in [0.29, 0.717) is 5.75 Å². The average molecular weight is 179 g/mol. The van der Waals surface area contributed by atoms with Crippen LogP contribution in [0.2, 0.25) is 0 Å². The van der Waals surface area contributed by atoms with Gasteiger partial charge in [-0.25, -0.2) is 0 Å². The average Bonchev–Trinajstić information content (AvgIpc) is 2.46. The number of rotatable bonds is 1. The first-order valence-electron chi connectivity index (χ1n) is 3.67. The first kappa shape index (κ1) is 7.55. The van der Waals surface area contributed by atoms with Crippen LogP contribution in [-0.4, -0.2) is 0 Å². The Hall–Kier alpha value is -1.09. The highest BCUT2D eigenvalue weighted by atomic mass is 32.1. The number of benzene rings is 1. The zero-order valence-electron chi connectivity index (χ0n) is 6.45. The molecule has 62 valence electrons. The van der Waals surface area contributed by atoms with Crippen molar-refractivity contribution in [3.8, 4) is 0 Å². The van der Waals surface area contributed by atoms with Crippen LogP contribution in [0, 0.1) is 0 Å². The number of fused-ring (bicyclic) bond motifs is 1. The summed E-state index contributed by atoms with van der Waals surface area (Å²) >= 11 is 4.19. The summed E-state index contributed by atoms with van der Waals surface area (Å²) in [5.41, 5.74) is 8.35. The maximum atomic E-state index is 5.64. The Balaban J connectivity index is 2.75. The van der Waals surface area contributed by atoms with Gasteiger partial charge in [0.15, 0.2) is 0 Å². The first-order valence-corrected chi connectivity index (χ1v) is 4.31. The summed E-state index contributed by atoms with van der Waals surface area (Å²) in [5.74, 6) is 0.677. The molecule has 0 unspecified atom stereocenters. The molecule has 0 aliphatic carbocycles. The van der Waals surface area contributed by atoms with Crippen LogP contribution in [0.1, 0.15) is 5.56 Å². The summed E-state index contributed by atoms with van der Waals surface area (Å²) in [5, 5.41) is 1.06. The smallest absolute Gasteiger partial charge is 0.134 e. The maximum absolute atomic E-state index is 5.64. The van der Waals surface area contributed by atoms with Gasteiger partial charge < -0.3 is 10.2 Å². The fourth-order valence-electron chi connectivity index (χ4n) is 1.22. The van der Waals surface area contributed by atoms with Gasteiger partial charge in [-0.05, 0) is 18.2 Å². The number of hydrogen-bond donors (Lipinski definition) is 2. The highest BCUT2D eigenvalue weighted by Crippen LogP contribution is 2.24. The third-order valence-electron chi connectivity index (χ3n) is 1.85. The Labute approximate surface area is 75.8 Å². The van der Waals surface area contributed by atoms with Crippen LogP contribution in [-0.2, 0) is 5.75 Å². The van der Waals surface area contributed by atoms with Gasteiger partial charge >= 0.3 is 0 Å². The molecule has 0 amide bonds. The number of hydrogen-bond acceptors (Lipinski definition) is 3. The molecule has 0 bridgehead atoms. The van der Waals surface area contributed by atoms with Crippen molar-refractivity contribution in [3.63, 3.8) is 0 Å². The van der Waals surface area contributed by atoms with Crippen LogP contribution >= 0.6 is 12.6 Å². The first-order chi connectivity index (χ1) is 5.81. The lowest BCUT2D eigenvalue weighted by Gasteiger charge is -1.93. The van der Waals surface area contributed by atoms with Gasteiger partial charge in [-0.2, -0.15) is 12.6 Å². The van der Waals surface area contributed by atoms with Crippen molar-refractivity contribution in [2.45, 2.75) is 5.75 Å². The molecule has 2 N–H and O–H groups in total. The third kappa shape index (κ3) is 1.06. The summed E-state index contributed by atoms with van der Waals surface area (Å²) in [6.45, 7) is 0. The Bertz CT molecular complexity index is 408. The van der Waals surface area contributed by atoms with Crippen molar-refractivity contribution in [1.82, 2.24) is 0 Å². The minimum absolute atomic E-state index is 0.677. The van der Waals surface area contributed by atoms with E-state index in [1.54, 1.807) is 6.26 Å². The quantitative estimate of drug-likeness (QED) is 0.521. The van der Waals surface area contributed by atoms with E-state index in [4.69, 9.17) is 10.2 Å². The molecule has 0 spiro atoms. The molecule has 0 fully saturated rings. The van der Waals surface area contributed by atoms with Crippen LogP contribution in [0.4, 0.5) is 5.69 Å². The van der Waals surface area contributed by atoms with E-state index >= 15 is 0 Å². The number of thiol groups is 1. The molecule has 0 saturated heterocycles. The van der Waals surface area contributed by atoms with Crippen LogP contribution in [0.15, 0.2) is 28.9 Å². The van der Waals surface area contributed by atoms with Gasteiger partial charge in [-0.15, -0.1) is 0 Å². The summed E-state index contributed by atoms with van der Waals surface area (Å²) in [7, 11) is 0. The SMILES string of the molecule is Nc1ccc2occ(CS)c2c1. The Kier molecular flexibility index (Phi) is 1.73. The monoisotopic (exact) mass is 179 g/mol. The minimum atomic E-state index is 0.677. The number of nitrogen functional groups attached to an aromatic ring is 1. The standard InChI is InChI=1S/C9H9NOS/c10-7-1-2-9-8(3-7)6(5-12)4-11-9/h1-4,12H,5,10H2. The topological polar surface area (TPSA) is 39.2 Å². The van der Waals surface area contributed by atoms with E-state index < -0.39 is 0 Å². The van der Waals surface area contributed by atoms with E-state index in [9.17, 15) is 0 Å². The molecular weight excluding hydrogens is 170 g/mol. The second-order valence-electron chi connectivity index (χ2n) is 2.67. The molecule has 1 aromatic carbocycles. The van der Waals surface area contributed by atoms with Crippen LogP contribution in [0.5, 0.6) is 0 Å². The fraction of sp³-hybridized carbons (Fsp3) is 0.111. The van der Waals surface area contributed by atoms with E-state index in [1.165, 1.54) is 0 Å². The van der Waals surface area contributed by atoms with E-state index in [1.807, 2.05) is 18.2 Å². The molecule has 2 nitrogen and oxygen atoms in total. The van der Waals surface area contributed by atoms with Gasteiger partial charge in [0.2, 0.25) is 0 Å². The molecule has 0 saturated carbocycles. The fourth-order valence-corrected chi connectivity index (χ4v) is 1.47. The predicted molar refractivity (Wildman–Crippen MR) is 53.3 cm³/mol. The van der Waals surface area contributed by atoms with Crippen molar-refractivity contribution in [2.75, 3.05) is 5.73 Å². The van der Waals surface area contributed by atoms with Crippen molar-refractivity contribution < 1.29 is 4.42 Å². The minimum Gasteiger partial charge on any atom is -0.464 e. The Morgan fingerprint density at radius 1 is 1.42 bits per heavy atom. The van der Waals surface area contributed by atoms with Crippen molar-refractivity contribution in [2.24, 2.45) is 0 Å².